The van der Waals surface area contributed by atoms with Crippen molar-refractivity contribution < 1.29 is 15.0 Å². The fourth-order valence-corrected chi connectivity index (χ4v) is 3.00. The fraction of sp³-hybridized carbons (Fsp3) is 0.136. The number of anilines is 1. The van der Waals surface area contributed by atoms with Crippen molar-refractivity contribution >= 4 is 17.3 Å². The Kier molecular flexibility index (Phi) is 6.14. The van der Waals surface area contributed by atoms with Crippen LogP contribution < -0.4 is 10.6 Å². The number of aryl methyl sites for hydroxylation is 1. The highest BCUT2D eigenvalue weighted by molar-refractivity contribution is 5.91. The molecule has 0 aliphatic carbocycles. The lowest BCUT2D eigenvalue weighted by Crippen LogP contribution is -2.87. The van der Waals surface area contributed by atoms with E-state index in [9.17, 15) is 14.9 Å². The minimum Gasteiger partial charge on any atom is -0.328 e. The van der Waals surface area contributed by atoms with E-state index in [1.807, 2.05) is 30.4 Å². The smallest absolute Gasteiger partial charge is 0.279 e. The molecule has 0 aliphatic rings. The highest BCUT2D eigenvalue weighted by Gasteiger charge is 2.19. The van der Waals surface area contributed by atoms with Gasteiger partial charge < -0.3 is 10.6 Å². The van der Waals surface area contributed by atoms with Crippen LogP contribution in [0.4, 0.5) is 11.4 Å². The number of nitro benzene ring substituents is 1. The lowest BCUT2D eigenvalue weighted by atomic mass is 9.98. The lowest BCUT2D eigenvalue weighted by Gasteiger charge is -2.17. The number of non-ortho nitro benzene ring substituents is 1. The number of nitrogens with one attached hydrogen (secondary N) is 1. The fourth-order valence-electron chi connectivity index (χ4n) is 3.00. The van der Waals surface area contributed by atoms with Crippen molar-refractivity contribution in [2.24, 2.45) is 0 Å². The van der Waals surface area contributed by atoms with Crippen LogP contribution in [0.3, 0.4) is 0 Å². The van der Waals surface area contributed by atoms with Gasteiger partial charge in [-0.2, -0.15) is 0 Å². The summed E-state index contributed by atoms with van der Waals surface area (Å²) in [7, 11) is 0. The zero-order chi connectivity index (χ0) is 19.9. The molecule has 0 radical (unpaired) electrons. The van der Waals surface area contributed by atoms with E-state index in [0.29, 0.717) is 5.69 Å². The second-order valence-electron chi connectivity index (χ2n) is 6.59. The molecular formula is C22H22N3O3+. The van der Waals surface area contributed by atoms with Gasteiger partial charge in [0, 0.05) is 28.9 Å². The van der Waals surface area contributed by atoms with Gasteiger partial charge in [0.15, 0.2) is 6.54 Å². The molecule has 3 rings (SSSR count). The van der Waals surface area contributed by atoms with Crippen molar-refractivity contribution in [2.45, 2.75) is 13.0 Å². The monoisotopic (exact) mass is 376 g/mol. The standard InChI is InChI=1S/C22H21N3O3/c1-16-7-9-18(10-8-16)22(17-5-3-2-4-6-17)23-15-21(26)24-19-11-13-20(14-12-19)25(27)28/h2-14,22-23H,15H2,1H3,(H,24,26)/p+1/t22-/m0/s1. The zero-order valence-corrected chi connectivity index (χ0v) is 15.5. The molecule has 0 aliphatic heterocycles. The first kappa shape index (κ1) is 19.3. The molecule has 28 heavy (non-hydrogen) atoms. The molecule has 0 bridgehead atoms. The molecule has 3 N–H and O–H groups in total. The van der Waals surface area contributed by atoms with Gasteiger partial charge in [-0.15, -0.1) is 0 Å². The quantitative estimate of drug-likeness (QED) is 0.490. The maximum absolute atomic E-state index is 12.4. The number of nitrogens with zero attached hydrogens (tertiary/aromatic N) is 1. The van der Waals surface area contributed by atoms with Crippen LogP contribution in [-0.4, -0.2) is 17.4 Å². The van der Waals surface area contributed by atoms with Crippen LogP contribution in [-0.2, 0) is 4.79 Å². The van der Waals surface area contributed by atoms with Crippen LogP contribution in [0.1, 0.15) is 22.7 Å². The van der Waals surface area contributed by atoms with E-state index in [2.05, 4.69) is 41.7 Å². The summed E-state index contributed by atoms with van der Waals surface area (Å²) in [6.07, 6.45) is 0. The predicted octanol–water partition coefficient (Wildman–Crippen LogP) is 3.19. The van der Waals surface area contributed by atoms with Crippen LogP contribution in [0.5, 0.6) is 0 Å². The van der Waals surface area contributed by atoms with Crippen molar-refractivity contribution in [1.29, 1.82) is 0 Å². The van der Waals surface area contributed by atoms with Gasteiger partial charge in [0.2, 0.25) is 0 Å². The normalized spacial score (nSPS) is 11.6. The molecule has 0 fully saturated rings. The van der Waals surface area contributed by atoms with Crippen molar-refractivity contribution in [2.75, 3.05) is 11.9 Å². The van der Waals surface area contributed by atoms with E-state index in [1.165, 1.54) is 29.8 Å². The summed E-state index contributed by atoms with van der Waals surface area (Å²) in [5.41, 5.74) is 3.96. The number of benzene rings is 3. The molecule has 0 unspecified atom stereocenters. The molecule has 1 atom stereocenters. The summed E-state index contributed by atoms with van der Waals surface area (Å²) < 4.78 is 0. The second kappa shape index (κ2) is 8.92. The molecule has 0 saturated heterocycles. The molecule has 6 heteroatoms. The average molecular weight is 376 g/mol. The number of quaternary nitrogens is 1. The maximum atomic E-state index is 12.4. The van der Waals surface area contributed by atoms with Gasteiger partial charge in [0.1, 0.15) is 6.04 Å². The van der Waals surface area contributed by atoms with Crippen LogP contribution in [0.2, 0.25) is 0 Å². The number of carbonyl (C=O) groups excluding carboxylic acids is 1. The first-order chi connectivity index (χ1) is 13.5. The summed E-state index contributed by atoms with van der Waals surface area (Å²) in [5.74, 6) is -0.165. The summed E-state index contributed by atoms with van der Waals surface area (Å²) in [6.45, 7) is 2.27. The molecule has 3 aromatic rings. The molecule has 0 saturated carbocycles. The third-order valence-electron chi connectivity index (χ3n) is 4.50. The number of carbonyl (C=O) groups is 1. The van der Waals surface area contributed by atoms with Crippen LogP contribution >= 0.6 is 0 Å². The summed E-state index contributed by atoms with van der Waals surface area (Å²) in [6, 6.07) is 24.2. The van der Waals surface area contributed by atoms with Gasteiger partial charge in [0.05, 0.1) is 4.92 Å². The van der Waals surface area contributed by atoms with Crippen LogP contribution in [0.25, 0.3) is 0 Å². The summed E-state index contributed by atoms with van der Waals surface area (Å²) in [5, 5.41) is 15.5. The van der Waals surface area contributed by atoms with E-state index < -0.39 is 4.92 Å². The number of nitrogens with two attached hydrogens (primary N) is 1. The Morgan fingerprint density at radius 1 is 0.964 bits per heavy atom. The molecule has 0 heterocycles. The molecule has 142 valence electrons. The van der Waals surface area contributed by atoms with Crippen molar-refractivity contribution in [3.63, 3.8) is 0 Å². The third-order valence-corrected chi connectivity index (χ3v) is 4.50. The largest absolute Gasteiger partial charge is 0.328 e. The van der Waals surface area contributed by atoms with Crippen molar-refractivity contribution in [3.05, 3.63) is 106 Å². The average Bonchev–Trinajstić information content (AvgIpc) is 2.70. The van der Waals surface area contributed by atoms with Crippen molar-refractivity contribution in [3.8, 4) is 0 Å². The highest BCUT2D eigenvalue weighted by Crippen LogP contribution is 2.19. The molecule has 0 spiro atoms. The lowest BCUT2D eigenvalue weighted by molar-refractivity contribution is -0.676. The Morgan fingerprint density at radius 3 is 2.18 bits per heavy atom. The van der Waals surface area contributed by atoms with E-state index in [4.69, 9.17) is 0 Å². The first-order valence-corrected chi connectivity index (χ1v) is 9.02. The Labute approximate surface area is 163 Å². The van der Waals surface area contributed by atoms with Gasteiger partial charge in [0.25, 0.3) is 11.6 Å². The minimum atomic E-state index is -0.467. The Bertz CT molecular complexity index is 939. The zero-order valence-electron chi connectivity index (χ0n) is 15.5. The number of amides is 1. The Balaban J connectivity index is 1.68. The third kappa shape index (κ3) is 5.02. The predicted molar refractivity (Wildman–Crippen MR) is 108 cm³/mol. The maximum Gasteiger partial charge on any atom is 0.279 e. The van der Waals surface area contributed by atoms with Gasteiger partial charge in [-0.1, -0.05) is 60.2 Å². The SMILES string of the molecule is Cc1ccc([C@@H]([NH2+]CC(=O)Nc2ccc([N+](=O)[O-])cc2)c2ccccc2)cc1. The number of rotatable bonds is 7. The van der Waals surface area contributed by atoms with Gasteiger partial charge >= 0.3 is 0 Å². The Hall–Kier alpha value is -3.51. The molecule has 1 amide bonds. The molecular weight excluding hydrogens is 354 g/mol. The number of nitro groups is 1. The molecule has 0 aromatic heterocycles. The van der Waals surface area contributed by atoms with Gasteiger partial charge in [-0.3, -0.25) is 14.9 Å². The van der Waals surface area contributed by atoms with E-state index in [1.54, 1.807) is 0 Å². The van der Waals surface area contributed by atoms with E-state index >= 15 is 0 Å². The van der Waals surface area contributed by atoms with Crippen LogP contribution in [0.15, 0.2) is 78.9 Å². The summed E-state index contributed by atoms with van der Waals surface area (Å²) in [4.78, 5) is 22.6. The highest BCUT2D eigenvalue weighted by atomic mass is 16.6. The van der Waals surface area contributed by atoms with E-state index in [-0.39, 0.29) is 24.2 Å². The summed E-state index contributed by atoms with van der Waals surface area (Å²) >= 11 is 0. The van der Waals surface area contributed by atoms with Gasteiger partial charge in [-0.25, -0.2) is 0 Å². The Morgan fingerprint density at radius 2 is 1.57 bits per heavy atom. The number of hydrogen-bond acceptors (Lipinski definition) is 3. The van der Waals surface area contributed by atoms with E-state index in [0.717, 1.165) is 11.1 Å². The van der Waals surface area contributed by atoms with Crippen molar-refractivity contribution in [1.82, 2.24) is 0 Å². The minimum absolute atomic E-state index is 0.00408. The topological polar surface area (TPSA) is 88.8 Å². The number of hydrogen-bond donors (Lipinski definition) is 2. The van der Waals surface area contributed by atoms with Crippen LogP contribution in [0, 0.1) is 17.0 Å². The first-order valence-electron chi connectivity index (χ1n) is 9.02. The molecule has 3 aromatic carbocycles. The molecule has 6 nitrogen and oxygen atoms in total. The second-order valence-corrected chi connectivity index (χ2v) is 6.59. The van der Waals surface area contributed by atoms with Gasteiger partial charge in [-0.05, 0) is 19.1 Å².